The van der Waals surface area contributed by atoms with Crippen molar-refractivity contribution in [1.29, 1.82) is 0 Å². The molecule has 4 heteroatoms. The normalized spacial score (nSPS) is 24.0. The minimum Gasteiger partial charge on any atom is -0.453 e. The van der Waals surface area contributed by atoms with E-state index in [1.165, 1.54) is 5.56 Å². The molecular weight excluding hydrogens is 422 g/mol. The molecule has 1 N–H and O–H groups in total. The molecule has 0 radical (unpaired) electrons. The number of carbonyl (C=O) groups excluding carboxylic acids is 1. The smallest absolute Gasteiger partial charge is 0.348 e. The van der Waals surface area contributed by atoms with Crippen LogP contribution < -0.4 is 0 Å². The molecule has 1 atom stereocenters. The summed E-state index contributed by atoms with van der Waals surface area (Å²) in [7, 11) is 0. The van der Waals surface area contributed by atoms with E-state index >= 15 is 0 Å². The molecule has 3 fully saturated rings. The second-order valence-corrected chi connectivity index (χ2v) is 10.0. The largest absolute Gasteiger partial charge is 0.453 e. The maximum atomic E-state index is 13.6. The zero-order chi connectivity index (χ0) is 23.4. The summed E-state index contributed by atoms with van der Waals surface area (Å²) in [6.07, 6.45) is 4.23. The zero-order valence-corrected chi connectivity index (χ0v) is 19.7. The predicted octanol–water partition coefficient (Wildman–Crippen LogP) is 4.71. The van der Waals surface area contributed by atoms with Gasteiger partial charge in [0.15, 0.2) is 6.10 Å². The quantitative estimate of drug-likeness (QED) is 0.395. The molecule has 0 aromatic heterocycles. The van der Waals surface area contributed by atoms with Gasteiger partial charge >= 0.3 is 5.97 Å². The fourth-order valence-electron chi connectivity index (χ4n) is 5.92. The van der Waals surface area contributed by atoms with Crippen molar-refractivity contribution in [2.45, 2.75) is 37.4 Å². The summed E-state index contributed by atoms with van der Waals surface area (Å²) in [5.41, 5.74) is 0.650. The highest BCUT2D eigenvalue weighted by molar-refractivity contribution is 5.85. The van der Waals surface area contributed by atoms with Gasteiger partial charge in [0.2, 0.25) is 5.60 Å². The van der Waals surface area contributed by atoms with Crippen LogP contribution in [0.5, 0.6) is 0 Å². The van der Waals surface area contributed by atoms with Gasteiger partial charge in [-0.3, -0.25) is 0 Å². The van der Waals surface area contributed by atoms with Crippen LogP contribution in [0.4, 0.5) is 0 Å². The van der Waals surface area contributed by atoms with Crippen molar-refractivity contribution in [3.8, 4) is 0 Å². The van der Waals surface area contributed by atoms with Crippen LogP contribution >= 0.6 is 0 Å². The van der Waals surface area contributed by atoms with Gasteiger partial charge in [0.05, 0.1) is 19.6 Å². The molecule has 34 heavy (non-hydrogen) atoms. The highest BCUT2D eigenvalue weighted by Crippen LogP contribution is 2.38. The van der Waals surface area contributed by atoms with Gasteiger partial charge in [-0.1, -0.05) is 91.0 Å². The number of hydrogen-bond donors (Lipinski definition) is 1. The molecule has 0 saturated carbocycles. The lowest BCUT2D eigenvalue weighted by Gasteiger charge is -2.52. The molecule has 0 unspecified atom stereocenters. The van der Waals surface area contributed by atoms with Crippen LogP contribution in [0.1, 0.15) is 36.0 Å². The Morgan fingerprint density at radius 3 is 1.94 bits per heavy atom. The lowest BCUT2D eigenvalue weighted by Crippen LogP contribution is -2.65. The fraction of sp³-hybridized carbons (Fsp3) is 0.367. The molecule has 3 aliphatic heterocycles. The van der Waals surface area contributed by atoms with Gasteiger partial charge in [0.25, 0.3) is 0 Å². The third-order valence-electron chi connectivity index (χ3n) is 7.92. The molecule has 3 heterocycles. The summed E-state index contributed by atoms with van der Waals surface area (Å²) in [6, 6.07) is 29.0. The van der Waals surface area contributed by atoms with Crippen LogP contribution in [0.3, 0.4) is 0 Å². The molecule has 0 amide bonds. The fourth-order valence-corrected chi connectivity index (χ4v) is 5.92. The Hall–Kier alpha value is -2.95. The summed E-state index contributed by atoms with van der Waals surface area (Å²) in [5.74, 6) is -0.181. The number of quaternary nitrogens is 1. The number of rotatable bonds is 8. The topological polar surface area (TPSA) is 46.5 Å². The van der Waals surface area contributed by atoms with Gasteiger partial charge in [-0.2, -0.15) is 0 Å². The highest BCUT2D eigenvalue weighted by atomic mass is 16.6. The van der Waals surface area contributed by atoms with E-state index in [9.17, 15) is 9.90 Å². The number of benzene rings is 3. The van der Waals surface area contributed by atoms with Crippen LogP contribution in [-0.4, -0.2) is 47.8 Å². The van der Waals surface area contributed by atoms with Crippen LogP contribution in [0.25, 0.3) is 0 Å². The number of fused-ring (bicyclic) bond motifs is 3. The maximum Gasteiger partial charge on any atom is 0.348 e. The second kappa shape index (κ2) is 9.73. The number of carbonyl (C=O) groups is 1. The molecule has 6 rings (SSSR count). The molecule has 3 aliphatic rings. The van der Waals surface area contributed by atoms with Crippen LogP contribution in [-0.2, 0) is 21.6 Å². The van der Waals surface area contributed by atoms with E-state index in [4.69, 9.17) is 4.74 Å². The first-order valence-corrected chi connectivity index (χ1v) is 12.5. The van der Waals surface area contributed by atoms with Crippen molar-refractivity contribution in [2.75, 3.05) is 26.2 Å². The number of aryl methyl sites for hydroxylation is 1. The van der Waals surface area contributed by atoms with Gasteiger partial charge in [-0.25, -0.2) is 4.79 Å². The number of hydrogen-bond acceptors (Lipinski definition) is 3. The lowest BCUT2D eigenvalue weighted by atomic mass is 9.82. The molecule has 2 bridgehead atoms. The van der Waals surface area contributed by atoms with E-state index in [0.717, 1.165) is 56.3 Å². The lowest BCUT2D eigenvalue weighted by molar-refractivity contribution is -0.946. The minimum absolute atomic E-state index is 0.148. The first kappa shape index (κ1) is 22.8. The van der Waals surface area contributed by atoms with Crippen molar-refractivity contribution >= 4 is 5.97 Å². The Morgan fingerprint density at radius 1 is 0.853 bits per heavy atom. The van der Waals surface area contributed by atoms with E-state index in [2.05, 4.69) is 30.3 Å². The van der Waals surface area contributed by atoms with Gasteiger partial charge in [0, 0.05) is 25.2 Å². The molecule has 0 aliphatic carbocycles. The molecular formula is C30H34NO3+. The Bertz CT molecular complexity index is 1040. The van der Waals surface area contributed by atoms with Crippen molar-refractivity contribution in [1.82, 2.24) is 0 Å². The van der Waals surface area contributed by atoms with E-state index in [1.54, 1.807) is 24.3 Å². The van der Waals surface area contributed by atoms with Gasteiger partial charge in [-0.05, 0) is 23.1 Å². The Kier molecular flexibility index (Phi) is 6.53. The number of nitrogens with zero attached hydrogens (tertiary/aromatic N) is 1. The van der Waals surface area contributed by atoms with Gasteiger partial charge < -0.3 is 14.3 Å². The molecule has 3 aromatic rings. The number of piperidine rings is 3. The maximum absolute atomic E-state index is 13.6. The number of aliphatic hydroxyl groups is 1. The number of ether oxygens (including phenoxy) is 1. The summed E-state index contributed by atoms with van der Waals surface area (Å²) in [6.45, 7) is 4.28. The average molecular weight is 457 g/mol. The van der Waals surface area contributed by atoms with Crippen molar-refractivity contribution < 1.29 is 19.1 Å². The third kappa shape index (κ3) is 4.53. The van der Waals surface area contributed by atoms with E-state index in [1.807, 2.05) is 36.4 Å². The predicted molar refractivity (Wildman–Crippen MR) is 133 cm³/mol. The van der Waals surface area contributed by atoms with Crippen molar-refractivity contribution in [3.63, 3.8) is 0 Å². The second-order valence-electron chi connectivity index (χ2n) is 10.0. The monoisotopic (exact) mass is 456 g/mol. The molecule has 3 saturated heterocycles. The zero-order valence-electron chi connectivity index (χ0n) is 19.7. The minimum atomic E-state index is -1.81. The van der Waals surface area contributed by atoms with Gasteiger partial charge in [-0.15, -0.1) is 0 Å². The Morgan fingerprint density at radius 2 is 1.38 bits per heavy atom. The summed E-state index contributed by atoms with van der Waals surface area (Å²) in [4.78, 5) is 13.6. The molecule has 176 valence electrons. The SMILES string of the molecule is O=C(O[C@H]1C[N+]2(CCCc3ccccc3)CCC1CC2)C(O)(c1ccccc1)c1ccccc1. The molecule has 0 spiro atoms. The summed E-state index contributed by atoms with van der Waals surface area (Å²) in [5, 5.41) is 11.8. The van der Waals surface area contributed by atoms with Crippen molar-refractivity contribution in [3.05, 3.63) is 108 Å². The molecule has 3 aromatic carbocycles. The first-order valence-electron chi connectivity index (χ1n) is 12.5. The number of esters is 1. The van der Waals surface area contributed by atoms with E-state index < -0.39 is 11.6 Å². The standard InChI is InChI=1S/C30H34NO3/c32-29(30(33,26-14-6-2-7-15-26)27-16-8-3-9-17-27)34-28-23-31(21-18-25(28)19-22-31)20-10-13-24-11-4-1-5-12-24/h1-9,11-12,14-17,25,28,33H,10,13,18-23H2/q+1/t25?,28-,31?/m0/s1. The summed E-state index contributed by atoms with van der Waals surface area (Å²) < 4.78 is 7.21. The third-order valence-corrected chi connectivity index (χ3v) is 7.92. The highest BCUT2D eigenvalue weighted by Gasteiger charge is 2.50. The van der Waals surface area contributed by atoms with E-state index in [0.29, 0.717) is 17.0 Å². The van der Waals surface area contributed by atoms with E-state index in [-0.39, 0.29) is 6.10 Å². The van der Waals surface area contributed by atoms with Crippen molar-refractivity contribution in [2.24, 2.45) is 5.92 Å². The Balaban J connectivity index is 1.31. The summed E-state index contributed by atoms with van der Waals surface area (Å²) >= 11 is 0. The average Bonchev–Trinajstić information content (AvgIpc) is 2.90. The van der Waals surface area contributed by atoms with Crippen LogP contribution in [0, 0.1) is 5.92 Å². The Labute approximate surface area is 202 Å². The van der Waals surface area contributed by atoms with Gasteiger partial charge in [0.1, 0.15) is 6.54 Å². The van der Waals surface area contributed by atoms with Crippen LogP contribution in [0.15, 0.2) is 91.0 Å². The molecule has 4 nitrogen and oxygen atoms in total. The first-order chi connectivity index (χ1) is 16.6. The van der Waals surface area contributed by atoms with Crippen LogP contribution in [0.2, 0.25) is 0 Å².